The van der Waals surface area contributed by atoms with Gasteiger partial charge < -0.3 is 5.11 Å². The van der Waals surface area contributed by atoms with Gasteiger partial charge in [-0.15, -0.1) is 11.3 Å². The summed E-state index contributed by atoms with van der Waals surface area (Å²) >= 11 is 1.39. The van der Waals surface area contributed by atoms with E-state index in [2.05, 4.69) is 53.5 Å². The van der Waals surface area contributed by atoms with E-state index in [1.165, 1.54) is 22.5 Å². The fraction of sp³-hybridized carbons (Fsp3) is 0.158. The van der Waals surface area contributed by atoms with Gasteiger partial charge >= 0.3 is 5.97 Å². The van der Waals surface area contributed by atoms with Crippen LogP contribution in [0.25, 0.3) is 11.3 Å². The van der Waals surface area contributed by atoms with Crippen molar-refractivity contribution in [2.45, 2.75) is 19.3 Å². The van der Waals surface area contributed by atoms with Crippen LogP contribution in [0.15, 0.2) is 60.0 Å². The predicted molar refractivity (Wildman–Crippen MR) is 92.7 cm³/mol. The molecule has 0 spiro atoms. The molecule has 0 aliphatic carbocycles. The Kier molecular flexibility index (Phi) is 4.83. The van der Waals surface area contributed by atoms with Crippen LogP contribution in [0.1, 0.15) is 16.1 Å². The quantitative estimate of drug-likeness (QED) is 0.739. The van der Waals surface area contributed by atoms with Crippen LogP contribution in [-0.4, -0.2) is 16.1 Å². The SMILES string of the molecule is O=C(O)Cc1nc(-c2ccc(CCc3ccccc3)cc2)cs1. The highest BCUT2D eigenvalue weighted by atomic mass is 32.1. The Morgan fingerprint density at radius 1 is 0.957 bits per heavy atom. The summed E-state index contributed by atoms with van der Waals surface area (Å²) in [5.41, 5.74) is 4.51. The lowest BCUT2D eigenvalue weighted by Crippen LogP contribution is -1.99. The van der Waals surface area contributed by atoms with Gasteiger partial charge in [0.15, 0.2) is 0 Å². The maximum Gasteiger partial charge on any atom is 0.310 e. The summed E-state index contributed by atoms with van der Waals surface area (Å²) in [7, 11) is 0. The molecule has 0 atom stereocenters. The molecule has 4 heteroatoms. The van der Waals surface area contributed by atoms with Crippen molar-refractivity contribution in [1.29, 1.82) is 0 Å². The third-order valence-corrected chi connectivity index (χ3v) is 4.50. The van der Waals surface area contributed by atoms with Crippen LogP contribution >= 0.6 is 11.3 Å². The molecule has 0 saturated carbocycles. The first-order chi connectivity index (χ1) is 11.2. The minimum absolute atomic E-state index is 0.0141. The fourth-order valence-corrected chi connectivity index (χ4v) is 3.22. The number of carboxylic acid groups (broad SMARTS) is 1. The first-order valence-electron chi connectivity index (χ1n) is 7.50. The molecule has 0 radical (unpaired) electrons. The summed E-state index contributed by atoms with van der Waals surface area (Å²) in [6, 6.07) is 18.8. The molecular formula is C19H17NO2S. The Morgan fingerprint density at radius 2 is 1.61 bits per heavy atom. The van der Waals surface area contributed by atoms with Crippen LogP contribution in [0.3, 0.4) is 0 Å². The van der Waals surface area contributed by atoms with Gasteiger partial charge in [-0.2, -0.15) is 0 Å². The average Bonchev–Trinajstić information content (AvgIpc) is 3.02. The number of aryl methyl sites for hydroxylation is 2. The maximum atomic E-state index is 10.7. The van der Waals surface area contributed by atoms with Crippen molar-refractivity contribution in [3.63, 3.8) is 0 Å². The molecule has 0 bridgehead atoms. The average molecular weight is 323 g/mol. The first-order valence-corrected chi connectivity index (χ1v) is 8.38. The number of aliphatic carboxylic acids is 1. The first kappa shape index (κ1) is 15.4. The Bertz CT molecular complexity index is 779. The van der Waals surface area contributed by atoms with E-state index in [4.69, 9.17) is 5.11 Å². The van der Waals surface area contributed by atoms with E-state index in [0.29, 0.717) is 5.01 Å². The lowest BCUT2D eigenvalue weighted by atomic mass is 10.0. The molecule has 0 saturated heterocycles. The van der Waals surface area contributed by atoms with Crippen molar-refractivity contribution in [1.82, 2.24) is 4.98 Å². The van der Waals surface area contributed by atoms with Gasteiger partial charge in [0.05, 0.1) is 12.1 Å². The molecule has 3 rings (SSSR count). The molecular weight excluding hydrogens is 306 g/mol. The van der Waals surface area contributed by atoms with Crippen LogP contribution in [0.5, 0.6) is 0 Å². The van der Waals surface area contributed by atoms with Crippen molar-refractivity contribution >= 4 is 17.3 Å². The van der Waals surface area contributed by atoms with E-state index in [0.717, 1.165) is 24.1 Å². The second-order valence-electron chi connectivity index (χ2n) is 5.38. The zero-order chi connectivity index (χ0) is 16.1. The highest BCUT2D eigenvalue weighted by molar-refractivity contribution is 7.10. The zero-order valence-corrected chi connectivity index (χ0v) is 13.4. The lowest BCUT2D eigenvalue weighted by Gasteiger charge is -2.03. The normalized spacial score (nSPS) is 10.6. The van der Waals surface area contributed by atoms with E-state index in [9.17, 15) is 4.79 Å². The van der Waals surface area contributed by atoms with Crippen LogP contribution in [0.4, 0.5) is 0 Å². The highest BCUT2D eigenvalue weighted by Gasteiger charge is 2.08. The minimum Gasteiger partial charge on any atom is -0.481 e. The van der Waals surface area contributed by atoms with Crippen molar-refractivity contribution in [3.8, 4) is 11.3 Å². The predicted octanol–water partition coefficient (Wildman–Crippen LogP) is 4.22. The molecule has 1 aromatic heterocycles. The molecule has 2 aromatic carbocycles. The number of nitrogens with zero attached hydrogens (tertiary/aromatic N) is 1. The molecule has 3 nitrogen and oxygen atoms in total. The summed E-state index contributed by atoms with van der Waals surface area (Å²) in [4.78, 5) is 15.1. The zero-order valence-electron chi connectivity index (χ0n) is 12.6. The number of carboxylic acids is 1. The Morgan fingerprint density at radius 3 is 2.26 bits per heavy atom. The van der Waals surface area contributed by atoms with Crippen molar-refractivity contribution in [3.05, 3.63) is 76.1 Å². The van der Waals surface area contributed by atoms with Gasteiger partial charge in [-0.25, -0.2) is 4.98 Å². The lowest BCUT2D eigenvalue weighted by molar-refractivity contribution is -0.136. The van der Waals surface area contributed by atoms with Gasteiger partial charge in [-0.05, 0) is 24.0 Å². The number of rotatable bonds is 6. The van der Waals surface area contributed by atoms with E-state index in [-0.39, 0.29) is 6.42 Å². The third kappa shape index (κ3) is 4.27. The summed E-state index contributed by atoms with van der Waals surface area (Å²) in [5, 5.41) is 11.4. The topological polar surface area (TPSA) is 50.2 Å². The molecule has 0 unspecified atom stereocenters. The Hall–Kier alpha value is -2.46. The summed E-state index contributed by atoms with van der Waals surface area (Å²) < 4.78 is 0. The molecule has 3 aromatic rings. The molecule has 0 aliphatic rings. The summed E-state index contributed by atoms with van der Waals surface area (Å²) in [5.74, 6) is -0.845. The largest absolute Gasteiger partial charge is 0.481 e. The minimum atomic E-state index is -0.845. The molecule has 0 fully saturated rings. The van der Waals surface area contributed by atoms with Gasteiger partial charge in [0.2, 0.25) is 0 Å². The summed E-state index contributed by atoms with van der Waals surface area (Å²) in [6.07, 6.45) is 2.02. The molecule has 1 heterocycles. The highest BCUT2D eigenvalue weighted by Crippen LogP contribution is 2.23. The van der Waals surface area contributed by atoms with E-state index in [1.54, 1.807) is 0 Å². The van der Waals surface area contributed by atoms with Crippen LogP contribution < -0.4 is 0 Å². The Balaban J connectivity index is 1.64. The molecule has 116 valence electrons. The number of aromatic nitrogens is 1. The van der Waals surface area contributed by atoms with E-state index < -0.39 is 5.97 Å². The fourth-order valence-electron chi connectivity index (χ4n) is 2.43. The van der Waals surface area contributed by atoms with Crippen LogP contribution in [-0.2, 0) is 24.1 Å². The number of hydrogen-bond acceptors (Lipinski definition) is 3. The summed E-state index contributed by atoms with van der Waals surface area (Å²) in [6.45, 7) is 0. The standard InChI is InChI=1S/C19H17NO2S/c21-19(22)12-18-20-17(13-23-18)16-10-8-15(9-11-16)7-6-14-4-2-1-3-5-14/h1-5,8-11,13H,6-7,12H2,(H,21,22). The molecule has 23 heavy (non-hydrogen) atoms. The second-order valence-corrected chi connectivity index (χ2v) is 6.32. The van der Waals surface area contributed by atoms with Crippen molar-refractivity contribution in [2.24, 2.45) is 0 Å². The number of carbonyl (C=O) groups is 1. The van der Waals surface area contributed by atoms with Gasteiger partial charge in [-0.3, -0.25) is 4.79 Å². The number of hydrogen-bond donors (Lipinski definition) is 1. The molecule has 1 N–H and O–H groups in total. The molecule has 0 aliphatic heterocycles. The van der Waals surface area contributed by atoms with Crippen molar-refractivity contribution in [2.75, 3.05) is 0 Å². The van der Waals surface area contributed by atoms with Crippen molar-refractivity contribution < 1.29 is 9.90 Å². The smallest absolute Gasteiger partial charge is 0.310 e. The van der Waals surface area contributed by atoms with Gasteiger partial charge in [0, 0.05) is 10.9 Å². The van der Waals surface area contributed by atoms with Gasteiger partial charge in [0.1, 0.15) is 5.01 Å². The van der Waals surface area contributed by atoms with Gasteiger partial charge in [0.25, 0.3) is 0 Å². The third-order valence-electron chi connectivity index (χ3n) is 3.65. The van der Waals surface area contributed by atoms with E-state index >= 15 is 0 Å². The van der Waals surface area contributed by atoms with Crippen LogP contribution in [0, 0.1) is 0 Å². The second kappa shape index (κ2) is 7.20. The van der Waals surface area contributed by atoms with E-state index in [1.807, 2.05) is 11.4 Å². The Labute approximate surface area is 139 Å². The number of benzene rings is 2. The maximum absolute atomic E-state index is 10.7. The van der Waals surface area contributed by atoms with Crippen LogP contribution in [0.2, 0.25) is 0 Å². The molecule has 0 amide bonds. The number of thiazole rings is 1. The monoisotopic (exact) mass is 323 g/mol. The van der Waals surface area contributed by atoms with Gasteiger partial charge in [-0.1, -0.05) is 54.6 Å².